The van der Waals surface area contributed by atoms with Gasteiger partial charge in [-0.2, -0.15) is 0 Å². The first-order chi connectivity index (χ1) is 12.1. The van der Waals surface area contributed by atoms with Gasteiger partial charge in [0, 0.05) is 12.6 Å². The summed E-state index contributed by atoms with van der Waals surface area (Å²) < 4.78 is 0. The van der Waals surface area contributed by atoms with Crippen molar-refractivity contribution in [3.8, 4) is 23.0 Å². The standard InChI is InChI=1S/C17H17NO8/c1-18(26)16(24)13(21)8-17(25,9-3-2-4-10(19)7-9)11-5-6-12(20)15(23)14(11)22/h2-7,19-20,22-23,25-26H,8H2,1H3. The molecule has 26 heavy (non-hydrogen) atoms. The Balaban J connectivity index is 2.65. The zero-order chi connectivity index (χ0) is 19.6. The van der Waals surface area contributed by atoms with E-state index in [-0.39, 0.29) is 21.9 Å². The van der Waals surface area contributed by atoms with Crippen LogP contribution in [0.25, 0.3) is 0 Å². The highest BCUT2D eigenvalue weighted by Gasteiger charge is 2.40. The average Bonchev–Trinajstić information content (AvgIpc) is 2.58. The van der Waals surface area contributed by atoms with Crippen molar-refractivity contribution in [1.29, 1.82) is 0 Å². The van der Waals surface area contributed by atoms with Crippen LogP contribution in [-0.2, 0) is 15.2 Å². The normalized spacial score (nSPS) is 13.0. The van der Waals surface area contributed by atoms with Crippen molar-refractivity contribution in [2.24, 2.45) is 0 Å². The van der Waals surface area contributed by atoms with Crippen LogP contribution in [0.4, 0.5) is 0 Å². The molecule has 1 unspecified atom stereocenters. The molecule has 6 N–H and O–H groups in total. The van der Waals surface area contributed by atoms with E-state index in [0.29, 0.717) is 0 Å². The second-order valence-corrected chi connectivity index (χ2v) is 5.67. The maximum atomic E-state index is 12.1. The molecule has 2 aromatic carbocycles. The smallest absolute Gasteiger partial charge is 0.313 e. The lowest BCUT2D eigenvalue weighted by atomic mass is 9.81. The van der Waals surface area contributed by atoms with E-state index in [1.165, 1.54) is 18.2 Å². The number of Topliss-reactive ketones (excluding diaryl/α,β-unsaturated/α-hetero) is 1. The third-order valence-corrected chi connectivity index (χ3v) is 3.85. The number of phenolic OH excluding ortho intramolecular Hbond substituents is 4. The molecule has 0 heterocycles. The Labute approximate surface area is 147 Å². The number of hydroxylamine groups is 2. The van der Waals surface area contributed by atoms with Gasteiger partial charge < -0.3 is 25.5 Å². The van der Waals surface area contributed by atoms with Crippen LogP contribution in [0, 0.1) is 0 Å². The number of carbonyl (C=O) groups is 2. The van der Waals surface area contributed by atoms with Gasteiger partial charge >= 0.3 is 5.91 Å². The van der Waals surface area contributed by atoms with E-state index in [9.17, 15) is 35.1 Å². The van der Waals surface area contributed by atoms with Gasteiger partial charge in [0.1, 0.15) is 11.4 Å². The number of likely N-dealkylation sites (N-methyl/N-ethyl adjacent to an activating group) is 1. The molecule has 0 radical (unpaired) electrons. The molecule has 0 fully saturated rings. The summed E-state index contributed by atoms with van der Waals surface area (Å²) in [6.07, 6.45) is -0.919. The third kappa shape index (κ3) is 3.39. The van der Waals surface area contributed by atoms with E-state index < -0.39 is 41.0 Å². The van der Waals surface area contributed by atoms with Crippen molar-refractivity contribution in [2.75, 3.05) is 7.05 Å². The summed E-state index contributed by atoms with van der Waals surface area (Å²) >= 11 is 0. The Morgan fingerprint density at radius 2 is 1.69 bits per heavy atom. The Morgan fingerprint density at radius 1 is 1.04 bits per heavy atom. The predicted octanol–water partition coefficient (Wildman–Crippen LogP) is 0.552. The molecule has 1 atom stereocenters. The molecule has 2 aromatic rings. The van der Waals surface area contributed by atoms with Crippen LogP contribution in [-0.4, -0.2) is 54.5 Å². The minimum absolute atomic E-state index is 0.0410. The lowest BCUT2D eigenvalue weighted by Crippen LogP contribution is -2.37. The van der Waals surface area contributed by atoms with Gasteiger partial charge in [-0.25, -0.2) is 5.06 Å². The summed E-state index contributed by atoms with van der Waals surface area (Å²) in [5.41, 5.74) is -2.81. The number of rotatable bonds is 5. The second-order valence-electron chi connectivity index (χ2n) is 5.67. The molecule has 9 heteroatoms. The van der Waals surface area contributed by atoms with Crippen molar-refractivity contribution < 1.29 is 40.3 Å². The maximum absolute atomic E-state index is 12.1. The number of nitrogens with zero attached hydrogens (tertiary/aromatic N) is 1. The van der Waals surface area contributed by atoms with E-state index in [0.717, 1.165) is 25.2 Å². The van der Waals surface area contributed by atoms with Gasteiger partial charge in [-0.1, -0.05) is 12.1 Å². The van der Waals surface area contributed by atoms with Crippen molar-refractivity contribution in [1.82, 2.24) is 5.06 Å². The minimum atomic E-state index is -2.35. The zero-order valence-corrected chi connectivity index (χ0v) is 13.6. The summed E-state index contributed by atoms with van der Waals surface area (Å²) in [4.78, 5) is 23.8. The first-order valence-electron chi connectivity index (χ1n) is 7.34. The van der Waals surface area contributed by atoms with Gasteiger partial charge in [-0.15, -0.1) is 0 Å². The van der Waals surface area contributed by atoms with E-state index in [1.54, 1.807) is 0 Å². The highest BCUT2D eigenvalue weighted by molar-refractivity contribution is 6.35. The number of aromatic hydroxyl groups is 4. The lowest BCUT2D eigenvalue weighted by Gasteiger charge is -2.29. The fourth-order valence-electron chi connectivity index (χ4n) is 2.51. The Bertz CT molecular complexity index is 864. The summed E-state index contributed by atoms with van der Waals surface area (Å²) in [6.45, 7) is 0. The molecule has 0 spiro atoms. The number of amides is 1. The number of hydrogen-bond donors (Lipinski definition) is 6. The molecular formula is C17H17NO8. The maximum Gasteiger partial charge on any atom is 0.313 e. The summed E-state index contributed by atoms with van der Waals surface area (Å²) in [6, 6.07) is 7.11. The van der Waals surface area contributed by atoms with E-state index >= 15 is 0 Å². The fourth-order valence-corrected chi connectivity index (χ4v) is 2.51. The Kier molecular flexibility index (Phi) is 5.05. The van der Waals surface area contributed by atoms with E-state index in [2.05, 4.69) is 0 Å². The summed E-state index contributed by atoms with van der Waals surface area (Å²) in [7, 11) is 0.928. The van der Waals surface area contributed by atoms with Gasteiger partial charge in [-0.05, 0) is 29.8 Å². The van der Waals surface area contributed by atoms with Gasteiger partial charge in [0.25, 0.3) is 0 Å². The number of ketones is 1. The van der Waals surface area contributed by atoms with Crippen molar-refractivity contribution in [2.45, 2.75) is 12.0 Å². The SMILES string of the molecule is CN(O)C(=O)C(=O)CC(O)(c1cccc(O)c1)c1ccc(O)c(O)c1O. The Hall–Kier alpha value is -3.30. The van der Waals surface area contributed by atoms with Crippen LogP contribution in [0.3, 0.4) is 0 Å². The van der Waals surface area contributed by atoms with E-state index in [1.807, 2.05) is 0 Å². The number of aliphatic hydroxyl groups is 1. The van der Waals surface area contributed by atoms with Crippen LogP contribution in [0.15, 0.2) is 36.4 Å². The molecular weight excluding hydrogens is 346 g/mol. The number of hydrogen-bond acceptors (Lipinski definition) is 8. The third-order valence-electron chi connectivity index (χ3n) is 3.85. The Morgan fingerprint density at radius 3 is 2.27 bits per heavy atom. The lowest BCUT2D eigenvalue weighted by molar-refractivity contribution is -0.166. The van der Waals surface area contributed by atoms with Crippen molar-refractivity contribution in [3.63, 3.8) is 0 Å². The average molecular weight is 363 g/mol. The molecule has 138 valence electrons. The molecule has 2 rings (SSSR count). The first kappa shape index (κ1) is 19.0. The van der Waals surface area contributed by atoms with Gasteiger partial charge in [0.2, 0.25) is 11.5 Å². The van der Waals surface area contributed by atoms with Crippen LogP contribution in [0.5, 0.6) is 23.0 Å². The number of benzene rings is 2. The topological polar surface area (TPSA) is 159 Å². The summed E-state index contributed by atoms with van der Waals surface area (Å²) in [5, 5.41) is 59.3. The molecule has 0 aromatic heterocycles. The van der Waals surface area contributed by atoms with Crippen LogP contribution >= 0.6 is 0 Å². The predicted molar refractivity (Wildman–Crippen MR) is 86.7 cm³/mol. The number of phenols is 4. The quantitative estimate of drug-likeness (QED) is 0.194. The van der Waals surface area contributed by atoms with Gasteiger partial charge in [-0.3, -0.25) is 14.8 Å². The molecule has 0 aliphatic heterocycles. The highest BCUT2D eigenvalue weighted by atomic mass is 16.5. The van der Waals surface area contributed by atoms with Crippen LogP contribution < -0.4 is 0 Å². The molecule has 0 aliphatic rings. The van der Waals surface area contributed by atoms with Gasteiger partial charge in [0.15, 0.2) is 11.5 Å². The monoisotopic (exact) mass is 363 g/mol. The van der Waals surface area contributed by atoms with Crippen LogP contribution in [0.2, 0.25) is 0 Å². The second kappa shape index (κ2) is 6.90. The molecule has 0 bridgehead atoms. The van der Waals surface area contributed by atoms with Crippen LogP contribution in [0.1, 0.15) is 17.5 Å². The molecule has 1 amide bonds. The first-order valence-corrected chi connectivity index (χ1v) is 7.34. The largest absolute Gasteiger partial charge is 0.508 e. The van der Waals surface area contributed by atoms with Gasteiger partial charge in [0.05, 0.1) is 6.42 Å². The summed E-state index contributed by atoms with van der Waals surface area (Å²) in [5.74, 6) is -5.28. The van der Waals surface area contributed by atoms with E-state index in [4.69, 9.17) is 5.21 Å². The fraction of sp³-hybridized carbons (Fsp3) is 0.176. The molecule has 9 nitrogen and oxygen atoms in total. The van der Waals surface area contributed by atoms with Crippen molar-refractivity contribution in [3.05, 3.63) is 47.5 Å². The highest BCUT2D eigenvalue weighted by Crippen LogP contribution is 2.45. The molecule has 0 saturated heterocycles. The molecule has 0 aliphatic carbocycles. The van der Waals surface area contributed by atoms with Crippen molar-refractivity contribution >= 4 is 11.7 Å². The number of carbonyl (C=O) groups excluding carboxylic acids is 2. The zero-order valence-electron chi connectivity index (χ0n) is 13.6. The minimum Gasteiger partial charge on any atom is -0.508 e. The molecule has 0 saturated carbocycles.